The molecule has 0 saturated heterocycles. The van der Waals surface area contributed by atoms with Crippen LogP contribution < -0.4 is 15.7 Å². The normalized spacial score (nSPS) is 11.5. The number of nitrogens with two attached hydrogens (primary N) is 1. The molecule has 39 heavy (non-hydrogen) atoms. The summed E-state index contributed by atoms with van der Waals surface area (Å²) in [5.41, 5.74) is 6.62. The largest absolute Gasteiger partial charge is 0.490 e. The van der Waals surface area contributed by atoms with Crippen LogP contribution >= 0.6 is 23.2 Å². The van der Waals surface area contributed by atoms with Crippen LogP contribution in [-0.2, 0) is 14.8 Å². The number of nitrogens with zero attached hydrogens (tertiary/aromatic N) is 3. The lowest BCUT2D eigenvalue weighted by molar-refractivity contribution is -0.192. The number of para-hydroxylation sites is 1. The van der Waals surface area contributed by atoms with Crippen LogP contribution in [0.25, 0.3) is 16.6 Å². The number of carboxylic acids is 1. The summed E-state index contributed by atoms with van der Waals surface area (Å²) in [7, 11) is -3.98. The molecule has 0 amide bonds. The van der Waals surface area contributed by atoms with E-state index < -0.39 is 27.9 Å². The van der Waals surface area contributed by atoms with Gasteiger partial charge in [-0.25, -0.2) is 22.6 Å². The minimum atomic E-state index is -5.08. The summed E-state index contributed by atoms with van der Waals surface area (Å²) in [5.74, 6) is -2.64. The molecule has 1 heterocycles. The fourth-order valence-electron chi connectivity index (χ4n) is 3.45. The Morgan fingerprint density at radius 1 is 1.08 bits per heavy atom. The molecular formula is C24H19Cl2F3N4O5S. The first-order chi connectivity index (χ1) is 18.2. The quantitative estimate of drug-likeness (QED) is 0.323. The maximum atomic E-state index is 13.4. The van der Waals surface area contributed by atoms with Gasteiger partial charge in [0, 0.05) is 17.0 Å². The van der Waals surface area contributed by atoms with Crippen molar-refractivity contribution >= 4 is 61.6 Å². The average Bonchev–Trinajstić information content (AvgIpc) is 2.86. The lowest BCUT2D eigenvalue weighted by atomic mass is 10.2. The molecule has 0 saturated carbocycles. The van der Waals surface area contributed by atoms with Crippen LogP contribution in [0.2, 0.25) is 10.0 Å². The topological polar surface area (TPSA) is 136 Å². The second-order valence-corrected chi connectivity index (χ2v) is 10.4. The number of sulfonamides is 1. The average molecular weight is 603 g/mol. The van der Waals surface area contributed by atoms with Crippen LogP contribution in [0.15, 0.2) is 76.4 Å². The van der Waals surface area contributed by atoms with E-state index in [1.165, 1.54) is 22.5 Å². The molecule has 9 nitrogen and oxygen atoms in total. The second kappa shape index (κ2) is 11.5. The molecular weight excluding hydrogens is 584 g/mol. The third-order valence-corrected chi connectivity index (χ3v) is 7.69. The molecule has 4 rings (SSSR count). The van der Waals surface area contributed by atoms with Crippen molar-refractivity contribution in [2.75, 3.05) is 16.6 Å². The minimum absolute atomic E-state index is 0.0480. The first kappa shape index (κ1) is 29.7. The Hall–Kier alpha value is -3.81. The number of rotatable bonds is 5. The number of aromatic nitrogens is 2. The number of benzene rings is 3. The minimum Gasteiger partial charge on any atom is -0.475 e. The number of aliphatic carboxylic acids is 1. The Morgan fingerprint density at radius 3 is 2.23 bits per heavy atom. The van der Waals surface area contributed by atoms with E-state index in [0.29, 0.717) is 21.6 Å². The van der Waals surface area contributed by atoms with Crippen molar-refractivity contribution in [3.63, 3.8) is 0 Å². The van der Waals surface area contributed by atoms with Gasteiger partial charge in [0.25, 0.3) is 10.0 Å². The van der Waals surface area contributed by atoms with Gasteiger partial charge in [0.2, 0.25) is 0 Å². The Balaban J connectivity index is 0.000000532. The van der Waals surface area contributed by atoms with Crippen molar-refractivity contribution in [2.45, 2.75) is 18.0 Å². The Morgan fingerprint density at radius 2 is 1.67 bits per heavy atom. The maximum absolute atomic E-state index is 13.4. The highest BCUT2D eigenvalue weighted by Crippen LogP contribution is 2.30. The van der Waals surface area contributed by atoms with Crippen LogP contribution in [0.3, 0.4) is 0 Å². The maximum Gasteiger partial charge on any atom is 0.490 e. The van der Waals surface area contributed by atoms with E-state index in [2.05, 4.69) is 4.98 Å². The van der Waals surface area contributed by atoms with E-state index in [4.69, 9.17) is 38.8 Å². The van der Waals surface area contributed by atoms with Crippen LogP contribution in [0, 0.1) is 0 Å². The highest BCUT2D eigenvalue weighted by Gasteiger charge is 2.38. The Kier molecular flexibility index (Phi) is 8.78. The van der Waals surface area contributed by atoms with Gasteiger partial charge in [-0.1, -0.05) is 35.3 Å². The molecule has 0 unspecified atom stereocenters. The van der Waals surface area contributed by atoms with Gasteiger partial charge in [-0.15, -0.1) is 0 Å². The molecule has 0 spiro atoms. The summed E-state index contributed by atoms with van der Waals surface area (Å²) in [6.45, 7) is 1.90. The molecule has 0 fully saturated rings. The number of anilines is 2. The monoisotopic (exact) mass is 602 g/mol. The van der Waals surface area contributed by atoms with E-state index in [1.807, 2.05) is 0 Å². The van der Waals surface area contributed by atoms with Crippen molar-refractivity contribution in [1.29, 1.82) is 0 Å². The third-order valence-electron chi connectivity index (χ3n) is 5.22. The number of carboxylic acid groups (broad SMARTS) is 1. The third kappa shape index (κ3) is 6.44. The van der Waals surface area contributed by atoms with Crippen molar-refractivity contribution in [1.82, 2.24) is 9.55 Å². The zero-order valence-electron chi connectivity index (χ0n) is 19.9. The number of hydrogen-bond acceptors (Lipinski definition) is 6. The molecule has 15 heteroatoms. The number of nitrogen functional groups attached to an aromatic ring is 1. The van der Waals surface area contributed by atoms with Gasteiger partial charge >= 0.3 is 17.8 Å². The van der Waals surface area contributed by atoms with E-state index >= 15 is 0 Å². The predicted octanol–water partition coefficient (Wildman–Crippen LogP) is 5.12. The molecule has 0 atom stereocenters. The fraction of sp³-hybridized carbons (Fsp3) is 0.125. The number of hydrogen-bond donors (Lipinski definition) is 2. The number of carbonyl (C=O) groups is 1. The summed E-state index contributed by atoms with van der Waals surface area (Å²) in [5, 5.41) is 8.33. The fourth-order valence-corrected chi connectivity index (χ4v) is 5.27. The van der Waals surface area contributed by atoms with Gasteiger partial charge in [-0.3, -0.25) is 4.31 Å². The molecule has 206 valence electrons. The van der Waals surface area contributed by atoms with Crippen molar-refractivity contribution in [3.05, 3.63) is 87.3 Å². The first-order valence-electron chi connectivity index (χ1n) is 10.8. The number of halogens is 5. The summed E-state index contributed by atoms with van der Waals surface area (Å²) in [4.78, 5) is 25.6. The van der Waals surface area contributed by atoms with Crippen molar-refractivity contribution < 1.29 is 31.5 Å². The van der Waals surface area contributed by atoms with Gasteiger partial charge in [0.1, 0.15) is 5.82 Å². The predicted molar refractivity (Wildman–Crippen MR) is 142 cm³/mol. The van der Waals surface area contributed by atoms with Gasteiger partial charge < -0.3 is 10.8 Å². The standard InChI is InChI=1S/C22H18Cl2N4O3S.C2HF3O2/c1-2-27(15-9-7-14(23)8-10-15)32(30,31)16-11-12-18(24)20(13-16)28-21(25)17-5-3-4-6-19(17)26-22(28)29;3-2(4,5)1(6)7/h3-13H,2,25H2,1H3;(H,6,7). The smallest absolute Gasteiger partial charge is 0.475 e. The highest BCUT2D eigenvalue weighted by atomic mass is 35.5. The second-order valence-electron chi connectivity index (χ2n) is 7.69. The van der Waals surface area contributed by atoms with Crippen LogP contribution in [0.1, 0.15) is 6.92 Å². The molecule has 3 N–H and O–H groups in total. The lowest BCUT2D eigenvalue weighted by Crippen LogP contribution is -2.31. The highest BCUT2D eigenvalue weighted by molar-refractivity contribution is 7.92. The van der Waals surface area contributed by atoms with Crippen LogP contribution in [0.4, 0.5) is 24.7 Å². The molecule has 0 bridgehead atoms. The molecule has 0 aliphatic heterocycles. The van der Waals surface area contributed by atoms with E-state index in [-0.39, 0.29) is 28.0 Å². The van der Waals surface area contributed by atoms with Crippen LogP contribution in [-0.4, -0.2) is 41.8 Å². The van der Waals surface area contributed by atoms with Gasteiger partial charge in [0.15, 0.2) is 0 Å². The van der Waals surface area contributed by atoms with Gasteiger partial charge in [-0.2, -0.15) is 18.2 Å². The van der Waals surface area contributed by atoms with Crippen molar-refractivity contribution in [2.24, 2.45) is 0 Å². The molecule has 0 radical (unpaired) electrons. The molecule has 1 aromatic heterocycles. The lowest BCUT2D eigenvalue weighted by Gasteiger charge is -2.23. The number of alkyl halides is 3. The van der Waals surface area contributed by atoms with E-state index in [9.17, 15) is 26.4 Å². The zero-order valence-corrected chi connectivity index (χ0v) is 22.2. The molecule has 3 aromatic carbocycles. The zero-order chi connectivity index (χ0) is 29.1. The Labute approximate surface area is 229 Å². The molecule has 0 aliphatic rings. The Bertz CT molecular complexity index is 1700. The first-order valence-corrected chi connectivity index (χ1v) is 13.0. The summed E-state index contributed by atoms with van der Waals surface area (Å²) in [6, 6.07) is 17.5. The van der Waals surface area contributed by atoms with E-state index in [0.717, 1.165) is 4.57 Å². The van der Waals surface area contributed by atoms with Crippen LogP contribution in [0.5, 0.6) is 0 Å². The van der Waals surface area contributed by atoms with Gasteiger partial charge in [0.05, 0.1) is 26.8 Å². The summed E-state index contributed by atoms with van der Waals surface area (Å²) >= 11 is 12.3. The summed E-state index contributed by atoms with van der Waals surface area (Å²) < 4.78 is 61.0. The number of fused-ring (bicyclic) bond motifs is 1. The SMILES string of the molecule is CCN(c1ccc(Cl)cc1)S(=O)(=O)c1ccc(Cl)c(-n2c(N)c3ccccc3nc2=O)c1.O=C(O)C(F)(F)F. The van der Waals surface area contributed by atoms with Gasteiger partial charge in [-0.05, 0) is 61.5 Å². The van der Waals surface area contributed by atoms with E-state index in [1.54, 1.807) is 55.5 Å². The van der Waals surface area contributed by atoms with Crippen molar-refractivity contribution in [3.8, 4) is 5.69 Å². The molecule has 0 aliphatic carbocycles. The molecule has 4 aromatic rings. The summed E-state index contributed by atoms with van der Waals surface area (Å²) in [6.07, 6.45) is -5.08.